The first-order chi connectivity index (χ1) is 8.45. The van der Waals surface area contributed by atoms with E-state index in [1.165, 1.54) is 0 Å². The van der Waals surface area contributed by atoms with Gasteiger partial charge in [-0.1, -0.05) is 12.1 Å². The Hall–Kier alpha value is -1.79. The highest BCUT2D eigenvalue weighted by atomic mass is 16.4. The molecule has 0 aromatic carbocycles. The molecule has 1 rings (SSSR count). The minimum Gasteiger partial charge on any atom is -0.409 e. The lowest BCUT2D eigenvalue weighted by molar-refractivity contribution is -0.137. The fraction of sp³-hybridized carbons (Fsp3) is 0.727. The summed E-state index contributed by atoms with van der Waals surface area (Å²) in [4.78, 5) is 25.2. The molecule has 4 N–H and O–H groups in total. The fourth-order valence-corrected chi connectivity index (χ4v) is 1.87. The van der Waals surface area contributed by atoms with Crippen LogP contribution in [0.3, 0.4) is 0 Å². The standard InChI is InChI=1S/C11H20N4O3/c1-3-11(2,9(12)14-18)10(17)15-6-4-8(16)13-5-7-15/h18H,3-7H2,1-2H3,(H2,12,14)(H,13,16). The van der Waals surface area contributed by atoms with E-state index >= 15 is 0 Å². The zero-order chi connectivity index (χ0) is 13.8. The predicted octanol–water partition coefficient (Wildman–Crippen LogP) is -0.502. The van der Waals surface area contributed by atoms with E-state index in [0.717, 1.165) is 0 Å². The van der Waals surface area contributed by atoms with E-state index in [4.69, 9.17) is 10.9 Å². The number of oxime groups is 1. The van der Waals surface area contributed by atoms with Gasteiger partial charge in [0.1, 0.15) is 5.41 Å². The maximum absolute atomic E-state index is 12.4. The van der Waals surface area contributed by atoms with Crippen LogP contribution in [0.5, 0.6) is 0 Å². The molecule has 1 unspecified atom stereocenters. The molecule has 7 nitrogen and oxygen atoms in total. The van der Waals surface area contributed by atoms with Crippen LogP contribution in [0.1, 0.15) is 26.7 Å². The van der Waals surface area contributed by atoms with Crippen molar-refractivity contribution in [2.45, 2.75) is 26.7 Å². The number of nitrogens with zero attached hydrogens (tertiary/aromatic N) is 2. The number of nitrogens with one attached hydrogen (secondary N) is 1. The van der Waals surface area contributed by atoms with Crippen LogP contribution in [0.15, 0.2) is 5.16 Å². The first-order valence-electron chi connectivity index (χ1n) is 5.99. The van der Waals surface area contributed by atoms with E-state index in [2.05, 4.69) is 10.5 Å². The Labute approximate surface area is 106 Å². The average Bonchev–Trinajstić information content (AvgIpc) is 2.60. The Bertz CT molecular complexity index is 369. The zero-order valence-electron chi connectivity index (χ0n) is 10.8. The van der Waals surface area contributed by atoms with Crippen molar-refractivity contribution >= 4 is 17.6 Å². The van der Waals surface area contributed by atoms with E-state index in [1.54, 1.807) is 18.7 Å². The van der Waals surface area contributed by atoms with Crippen molar-refractivity contribution in [1.82, 2.24) is 10.2 Å². The Morgan fingerprint density at radius 2 is 2.28 bits per heavy atom. The number of nitrogens with two attached hydrogens (primary N) is 1. The highest BCUT2D eigenvalue weighted by Gasteiger charge is 2.39. The van der Waals surface area contributed by atoms with Gasteiger partial charge in [0.15, 0.2) is 5.84 Å². The Morgan fingerprint density at radius 3 is 2.83 bits per heavy atom. The molecule has 0 aliphatic carbocycles. The molecule has 1 atom stereocenters. The second-order valence-electron chi connectivity index (χ2n) is 4.56. The van der Waals surface area contributed by atoms with Gasteiger partial charge in [-0.15, -0.1) is 0 Å². The van der Waals surface area contributed by atoms with E-state index in [9.17, 15) is 9.59 Å². The molecule has 2 amide bonds. The van der Waals surface area contributed by atoms with Crippen molar-refractivity contribution in [3.63, 3.8) is 0 Å². The maximum atomic E-state index is 12.4. The largest absolute Gasteiger partial charge is 0.409 e. The molecule has 1 heterocycles. The molecule has 18 heavy (non-hydrogen) atoms. The highest BCUT2D eigenvalue weighted by molar-refractivity contribution is 6.06. The monoisotopic (exact) mass is 256 g/mol. The van der Waals surface area contributed by atoms with Crippen LogP contribution in [-0.4, -0.2) is 47.4 Å². The van der Waals surface area contributed by atoms with Gasteiger partial charge in [0, 0.05) is 26.1 Å². The Balaban J connectivity index is 2.87. The normalized spacial score (nSPS) is 20.9. The smallest absolute Gasteiger partial charge is 0.236 e. The van der Waals surface area contributed by atoms with Gasteiger partial charge in [-0.2, -0.15) is 0 Å². The van der Waals surface area contributed by atoms with Crippen LogP contribution >= 0.6 is 0 Å². The quantitative estimate of drug-likeness (QED) is 0.274. The number of amides is 2. The molecule has 1 aliphatic heterocycles. The first kappa shape index (κ1) is 14.3. The minimum atomic E-state index is -1.03. The number of hydrogen-bond donors (Lipinski definition) is 3. The molecule has 0 aromatic heterocycles. The second kappa shape index (κ2) is 5.70. The van der Waals surface area contributed by atoms with Crippen LogP contribution in [0.2, 0.25) is 0 Å². The number of amidine groups is 1. The SMILES string of the molecule is CCC(C)(C(=O)N1CCNC(=O)CC1)C(N)=NO. The first-order valence-corrected chi connectivity index (χ1v) is 5.99. The summed E-state index contributed by atoms with van der Waals surface area (Å²) in [5.74, 6) is -0.373. The summed E-state index contributed by atoms with van der Waals surface area (Å²) in [6, 6.07) is 0. The molecule has 1 fully saturated rings. The molecule has 0 saturated carbocycles. The van der Waals surface area contributed by atoms with Gasteiger partial charge in [0.2, 0.25) is 11.8 Å². The number of carbonyl (C=O) groups is 2. The maximum Gasteiger partial charge on any atom is 0.236 e. The number of hydrogen-bond acceptors (Lipinski definition) is 4. The van der Waals surface area contributed by atoms with Crippen LogP contribution in [0, 0.1) is 5.41 Å². The summed E-state index contributed by atoms with van der Waals surface area (Å²) in [6.45, 7) is 4.68. The summed E-state index contributed by atoms with van der Waals surface area (Å²) in [5, 5.41) is 14.4. The molecule has 102 valence electrons. The number of rotatable bonds is 3. The van der Waals surface area contributed by atoms with Crippen molar-refractivity contribution in [2.24, 2.45) is 16.3 Å². The summed E-state index contributed by atoms with van der Waals surface area (Å²) in [5.41, 5.74) is 4.58. The van der Waals surface area contributed by atoms with Crippen LogP contribution < -0.4 is 11.1 Å². The summed E-state index contributed by atoms with van der Waals surface area (Å²) >= 11 is 0. The molecular weight excluding hydrogens is 236 g/mol. The second-order valence-corrected chi connectivity index (χ2v) is 4.56. The van der Waals surface area contributed by atoms with Gasteiger partial charge in [0.25, 0.3) is 0 Å². The molecule has 1 aliphatic rings. The molecular formula is C11H20N4O3. The lowest BCUT2D eigenvalue weighted by Gasteiger charge is -2.31. The van der Waals surface area contributed by atoms with Crippen LogP contribution in [-0.2, 0) is 9.59 Å². The third-order valence-electron chi connectivity index (χ3n) is 3.45. The molecule has 0 bridgehead atoms. The van der Waals surface area contributed by atoms with Gasteiger partial charge >= 0.3 is 0 Å². The van der Waals surface area contributed by atoms with Crippen LogP contribution in [0.4, 0.5) is 0 Å². The number of carbonyl (C=O) groups excluding carboxylic acids is 2. The van der Waals surface area contributed by atoms with Gasteiger partial charge in [-0.05, 0) is 13.3 Å². The predicted molar refractivity (Wildman–Crippen MR) is 66.0 cm³/mol. The minimum absolute atomic E-state index is 0.0627. The lowest BCUT2D eigenvalue weighted by Crippen LogP contribution is -2.50. The zero-order valence-corrected chi connectivity index (χ0v) is 10.8. The summed E-state index contributed by atoms with van der Waals surface area (Å²) in [7, 11) is 0. The Kier molecular flexibility index (Phi) is 4.52. The third kappa shape index (κ3) is 2.72. The fourth-order valence-electron chi connectivity index (χ4n) is 1.87. The lowest BCUT2D eigenvalue weighted by atomic mass is 9.84. The van der Waals surface area contributed by atoms with Gasteiger partial charge < -0.3 is 21.2 Å². The molecule has 1 saturated heterocycles. The van der Waals surface area contributed by atoms with E-state index in [1.807, 2.05) is 0 Å². The van der Waals surface area contributed by atoms with Crippen molar-refractivity contribution in [1.29, 1.82) is 0 Å². The van der Waals surface area contributed by atoms with Gasteiger partial charge in [-0.25, -0.2) is 0 Å². The highest BCUT2D eigenvalue weighted by Crippen LogP contribution is 2.25. The van der Waals surface area contributed by atoms with E-state index < -0.39 is 5.41 Å². The summed E-state index contributed by atoms with van der Waals surface area (Å²) in [6.07, 6.45) is 0.710. The van der Waals surface area contributed by atoms with Crippen molar-refractivity contribution in [3.8, 4) is 0 Å². The molecule has 0 aromatic rings. The van der Waals surface area contributed by atoms with E-state index in [0.29, 0.717) is 26.1 Å². The van der Waals surface area contributed by atoms with Gasteiger partial charge in [-0.3, -0.25) is 9.59 Å². The molecule has 7 heteroatoms. The third-order valence-corrected chi connectivity index (χ3v) is 3.45. The molecule has 0 spiro atoms. The summed E-state index contributed by atoms with van der Waals surface area (Å²) < 4.78 is 0. The average molecular weight is 256 g/mol. The van der Waals surface area contributed by atoms with Crippen molar-refractivity contribution in [3.05, 3.63) is 0 Å². The Morgan fingerprint density at radius 1 is 1.61 bits per heavy atom. The van der Waals surface area contributed by atoms with E-state index in [-0.39, 0.29) is 24.1 Å². The van der Waals surface area contributed by atoms with Crippen molar-refractivity contribution in [2.75, 3.05) is 19.6 Å². The van der Waals surface area contributed by atoms with Crippen molar-refractivity contribution < 1.29 is 14.8 Å². The van der Waals surface area contributed by atoms with Crippen LogP contribution in [0.25, 0.3) is 0 Å². The van der Waals surface area contributed by atoms with Gasteiger partial charge in [0.05, 0.1) is 0 Å². The topological polar surface area (TPSA) is 108 Å². The molecule has 0 radical (unpaired) electrons.